The summed E-state index contributed by atoms with van der Waals surface area (Å²) in [5.41, 5.74) is 0.707. The molecule has 0 spiro atoms. The van der Waals surface area contributed by atoms with Crippen LogP contribution in [0.2, 0.25) is 0 Å². The minimum Gasteiger partial charge on any atom is -0.466 e. The molecule has 1 atom stereocenters. The smallest absolute Gasteiger partial charge is 0.311 e. The summed E-state index contributed by atoms with van der Waals surface area (Å²) in [5, 5.41) is 11.5. The molecular formula is C12H15N3O3S. The monoisotopic (exact) mass is 281 g/mol. The molecule has 6 nitrogen and oxygen atoms in total. The molecule has 1 aromatic rings. The van der Waals surface area contributed by atoms with Crippen LogP contribution < -0.4 is 4.90 Å². The Labute approximate surface area is 115 Å². The van der Waals surface area contributed by atoms with Crippen LogP contribution in [0.25, 0.3) is 0 Å². The summed E-state index contributed by atoms with van der Waals surface area (Å²) in [4.78, 5) is 17.8. The summed E-state index contributed by atoms with van der Waals surface area (Å²) < 4.78 is 10.2. The Morgan fingerprint density at radius 2 is 2.63 bits per heavy atom. The van der Waals surface area contributed by atoms with Crippen LogP contribution in [0.5, 0.6) is 0 Å². The first kappa shape index (κ1) is 13.8. The van der Waals surface area contributed by atoms with Crippen LogP contribution in [0.4, 0.5) is 5.13 Å². The van der Waals surface area contributed by atoms with Crippen molar-refractivity contribution in [1.82, 2.24) is 4.98 Å². The fourth-order valence-electron chi connectivity index (χ4n) is 1.78. The third kappa shape index (κ3) is 3.66. The molecule has 0 bridgehead atoms. The predicted molar refractivity (Wildman–Crippen MR) is 70.0 cm³/mol. The fraction of sp³-hybridized carbons (Fsp3) is 0.583. The fourth-order valence-corrected chi connectivity index (χ4v) is 2.65. The summed E-state index contributed by atoms with van der Waals surface area (Å²) >= 11 is 1.47. The van der Waals surface area contributed by atoms with Gasteiger partial charge in [-0.1, -0.05) is 0 Å². The maximum Gasteiger partial charge on any atom is 0.311 e. The van der Waals surface area contributed by atoms with E-state index in [4.69, 9.17) is 14.7 Å². The third-order valence-corrected chi connectivity index (χ3v) is 3.60. The van der Waals surface area contributed by atoms with Gasteiger partial charge in [0.15, 0.2) is 11.2 Å². The van der Waals surface area contributed by atoms with Gasteiger partial charge >= 0.3 is 5.97 Å². The number of carbonyl (C=O) groups is 1. The number of anilines is 1. The first-order chi connectivity index (χ1) is 9.22. The van der Waals surface area contributed by atoms with Gasteiger partial charge in [0.1, 0.15) is 0 Å². The van der Waals surface area contributed by atoms with Gasteiger partial charge in [-0.25, -0.2) is 4.98 Å². The van der Waals surface area contributed by atoms with Gasteiger partial charge in [-0.2, -0.15) is 5.26 Å². The molecule has 0 N–H and O–H groups in total. The van der Waals surface area contributed by atoms with E-state index in [0.29, 0.717) is 32.0 Å². The van der Waals surface area contributed by atoms with E-state index in [1.807, 2.05) is 10.3 Å². The second-order valence-corrected chi connectivity index (χ2v) is 4.87. The van der Waals surface area contributed by atoms with Crippen LogP contribution in [0.1, 0.15) is 12.6 Å². The molecule has 1 aromatic heterocycles. The lowest BCUT2D eigenvalue weighted by Gasteiger charge is -2.29. The number of thiazole rings is 1. The number of nitriles is 1. The Kier molecular flexibility index (Phi) is 4.71. The lowest BCUT2D eigenvalue weighted by molar-refractivity contribution is -0.142. The van der Waals surface area contributed by atoms with Gasteiger partial charge in [-0.05, 0) is 6.92 Å². The SMILES string of the molecule is CCOC(=O)Cc1csc(N2CCOC(C#N)C2)n1. The molecule has 0 saturated carbocycles. The number of hydrogen-bond donors (Lipinski definition) is 0. The maximum absolute atomic E-state index is 11.4. The number of rotatable bonds is 4. The lowest BCUT2D eigenvalue weighted by atomic mass is 10.3. The van der Waals surface area contributed by atoms with E-state index in [-0.39, 0.29) is 12.4 Å². The highest BCUT2D eigenvalue weighted by atomic mass is 32.1. The van der Waals surface area contributed by atoms with Gasteiger partial charge in [0, 0.05) is 11.9 Å². The van der Waals surface area contributed by atoms with E-state index < -0.39 is 6.10 Å². The largest absolute Gasteiger partial charge is 0.466 e. The van der Waals surface area contributed by atoms with Crippen molar-refractivity contribution in [2.75, 3.05) is 31.2 Å². The topological polar surface area (TPSA) is 75.4 Å². The number of hydrogen-bond acceptors (Lipinski definition) is 7. The Hall–Kier alpha value is -1.65. The molecule has 2 heterocycles. The Bertz CT molecular complexity index is 483. The molecule has 19 heavy (non-hydrogen) atoms. The molecule has 1 fully saturated rings. The van der Waals surface area contributed by atoms with Crippen molar-refractivity contribution in [2.45, 2.75) is 19.4 Å². The van der Waals surface area contributed by atoms with Gasteiger partial charge in [0.25, 0.3) is 0 Å². The molecule has 1 unspecified atom stereocenters. The van der Waals surface area contributed by atoms with Crippen LogP contribution in [0.15, 0.2) is 5.38 Å². The summed E-state index contributed by atoms with van der Waals surface area (Å²) in [7, 11) is 0. The molecule has 1 aliphatic rings. The van der Waals surface area contributed by atoms with Crippen molar-refractivity contribution in [3.63, 3.8) is 0 Å². The average Bonchev–Trinajstić information content (AvgIpc) is 2.87. The number of esters is 1. The highest BCUT2D eigenvalue weighted by Crippen LogP contribution is 2.23. The number of ether oxygens (including phenoxy) is 2. The zero-order chi connectivity index (χ0) is 13.7. The van der Waals surface area contributed by atoms with Crippen LogP contribution >= 0.6 is 11.3 Å². The van der Waals surface area contributed by atoms with Crippen molar-refractivity contribution in [3.05, 3.63) is 11.1 Å². The number of aromatic nitrogens is 1. The molecular weight excluding hydrogens is 266 g/mol. The van der Waals surface area contributed by atoms with Crippen LogP contribution in [-0.4, -0.2) is 43.4 Å². The van der Waals surface area contributed by atoms with Crippen molar-refractivity contribution in [2.24, 2.45) is 0 Å². The number of morpholine rings is 1. The van der Waals surface area contributed by atoms with Gasteiger partial charge in [0.05, 0.1) is 37.9 Å². The molecule has 0 aromatic carbocycles. The molecule has 0 amide bonds. The molecule has 0 aliphatic carbocycles. The summed E-state index contributed by atoms with van der Waals surface area (Å²) in [6.45, 7) is 3.90. The van der Waals surface area contributed by atoms with Crippen LogP contribution in [-0.2, 0) is 20.7 Å². The van der Waals surface area contributed by atoms with Gasteiger partial charge in [0.2, 0.25) is 0 Å². The van der Waals surface area contributed by atoms with Gasteiger partial charge < -0.3 is 14.4 Å². The molecule has 2 rings (SSSR count). The van der Waals surface area contributed by atoms with Crippen molar-refractivity contribution in [1.29, 1.82) is 5.26 Å². The molecule has 1 aliphatic heterocycles. The Balaban J connectivity index is 1.97. The molecule has 7 heteroatoms. The zero-order valence-corrected chi connectivity index (χ0v) is 11.5. The normalized spacial score (nSPS) is 18.9. The average molecular weight is 281 g/mol. The van der Waals surface area contributed by atoms with Crippen molar-refractivity contribution in [3.8, 4) is 6.07 Å². The zero-order valence-electron chi connectivity index (χ0n) is 10.7. The molecule has 0 radical (unpaired) electrons. The Morgan fingerprint density at radius 1 is 1.79 bits per heavy atom. The van der Waals surface area contributed by atoms with E-state index in [1.54, 1.807) is 6.92 Å². The van der Waals surface area contributed by atoms with Crippen LogP contribution in [0.3, 0.4) is 0 Å². The van der Waals surface area contributed by atoms with E-state index in [9.17, 15) is 4.79 Å². The third-order valence-electron chi connectivity index (χ3n) is 2.65. The summed E-state index contributed by atoms with van der Waals surface area (Å²) in [5.74, 6) is -0.267. The summed E-state index contributed by atoms with van der Waals surface area (Å²) in [6, 6.07) is 2.10. The second kappa shape index (κ2) is 6.50. The maximum atomic E-state index is 11.4. The van der Waals surface area contributed by atoms with E-state index in [2.05, 4.69) is 11.1 Å². The molecule has 1 saturated heterocycles. The number of nitrogens with zero attached hydrogens (tertiary/aromatic N) is 3. The van der Waals surface area contributed by atoms with E-state index >= 15 is 0 Å². The standard InChI is InChI=1S/C12H15N3O3S/c1-2-17-11(16)5-9-8-19-12(14-9)15-3-4-18-10(6-13)7-15/h8,10H,2-5,7H2,1H3. The van der Waals surface area contributed by atoms with Crippen LogP contribution in [0, 0.1) is 11.3 Å². The second-order valence-electron chi connectivity index (χ2n) is 4.04. The van der Waals surface area contributed by atoms with Gasteiger partial charge in [-0.3, -0.25) is 4.79 Å². The number of carbonyl (C=O) groups excluding carboxylic acids is 1. The van der Waals surface area contributed by atoms with Crippen molar-refractivity contribution < 1.29 is 14.3 Å². The van der Waals surface area contributed by atoms with Gasteiger partial charge in [-0.15, -0.1) is 11.3 Å². The highest BCUT2D eigenvalue weighted by Gasteiger charge is 2.22. The summed E-state index contributed by atoms with van der Waals surface area (Å²) in [6.07, 6.45) is -0.220. The van der Waals surface area contributed by atoms with E-state index in [0.717, 1.165) is 5.13 Å². The lowest BCUT2D eigenvalue weighted by Crippen LogP contribution is -2.41. The highest BCUT2D eigenvalue weighted by molar-refractivity contribution is 7.13. The predicted octanol–water partition coefficient (Wildman–Crippen LogP) is 0.977. The Morgan fingerprint density at radius 3 is 3.37 bits per heavy atom. The minimum absolute atomic E-state index is 0.191. The minimum atomic E-state index is -0.411. The van der Waals surface area contributed by atoms with E-state index in [1.165, 1.54) is 11.3 Å². The van der Waals surface area contributed by atoms with Crippen molar-refractivity contribution >= 4 is 22.4 Å². The quantitative estimate of drug-likeness (QED) is 0.766. The first-order valence-corrected chi connectivity index (χ1v) is 6.97. The first-order valence-electron chi connectivity index (χ1n) is 6.09. The molecule has 102 valence electrons.